The van der Waals surface area contributed by atoms with Gasteiger partial charge in [-0.3, -0.25) is 0 Å². The van der Waals surface area contributed by atoms with Gasteiger partial charge in [0.2, 0.25) is 10.0 Å². The van der Waals surface area contributed by atoms with Gasteiger partial charge in [-0.15, -0.1) is 0 Å². The van der Waals surface area contributed by atoms with E-state index in [1.54, 1.807) is 18.2 Å². The van der Waals surface area contributed by atoms with Crippen LogP contribution in [0.1, 0.15) is 27.2 Å². The molecule has 1 aromatic carbocycles. The number of nitrogen functional groups attached to an aromatic ring is 1. The number of anilines is 1. The van der Waals surface area contributed by atoms with E-state index in [2.05, 4.69) is 20.8 Å². The van der Waals surface area contributed by atoms with Crippen LogP contribution in [0.2, 0.25) is 5.02 Å². The zero-order chi connectivity index (χ0) is 15.1. The Morgan fingerprint density at radius 2 is 2.00 bits per heavy atom. The van der Waals surface area contributed by atoms with Crippen molar-refractivity contribution in [2.24, 2.45) is 11.3 Å². The first kappa shape index (κ1) is 15.6. The first-order chi connectivity index (χ1) is 9.14. The second-order valence-corrected chi connectivity index (χ2v) is 8.65. The third-order valence-corrected chi connectivity index (χ3v) is 6.38. The lowest BCUT2D eigenvalue weighted by Crippen LogP contribution is -2.31. The van der Waals surface area contributed by atoms with Gasteiger partial charge in [0.05, 0.1) is 10.7 Å². The van der Waals surface area contributed by atoms with Crippen LogP contribution in [-0.2, 0) is 10.0 Å². The third-order valence-electron chi connectivity index (χ3n) is 3.97. The second kappa shape index (κ2) is 5.20. The predicted octanol–water partition coefficient (Wildman–Crippen LogP) is 2.98. The average molecular weight is 317 g/mol. The molecular formula is C14H21ClN2O2S. The molecule has 0 bridgehead atoms. The number of nitrogens with zero attached hydrogens (tertiary/aromatic N) is 1. The van der Waals surface area contributed by atoms with E-state index in [0.29, 0.717) is 19.0 Å². The lowest BCUT2D eigenvalue weighted by atomic mass is 9.80. The fourth-order valence-corrected chi connectivity index (χ4v) is 4.72. The maximum Gasteiger partial charge on any atom is 0.246 e. The van der Waals surface area contributed by atoms with Crippen LogP contribution in [0.5, 0.6) is 0 Å². The summed E-state index contributed by atoms with van der Waals surface area (Å²) < 4.78 is 26.9. The fraction of sp³-hybridized carbons (Fsp3) is 0.571. The van der Waals surface area contributed by atoms with Gasteiger partial charge in [-0.25, -0.2) is 8.42 Å². The quantitative estimate of drug-likeness (QED) is 0.853. The molecule has 0 saturated carbocycles. The average Bonchev–Trinajstić information content (AvgIpc) is 2.77. The largest absolute Gasteiger partial charge is 0.398 e. The smallest absolute Gasteiger partial charge is 0.246 e. The number of rotatable bonds is 2. The summed E-state index contributed by atoms with van der Waals surface area (Å²) in [5.41, 5.74) is 6.10. The Morgan fingerprint density at radius 3 is 2.50 bits per heavy atom. The van der Waals surface area contributed by atoms with E-state index < -0.39 is 10.0 Å². The summed E-state index contributed by atoms with van der Waals surface area (Å²) >= 11 is 6.03. The van der Waals surface area contributed by atoms with Crippen molar-refractivity contribution < 1.29 is 8.42 Å². The van der Waals surface area contributed by atoms with Crippen molar-refractivity contribution in [1.29, 1.82) is 0 Å². The third kappa shape index (κ3) is 2.80. The number of sulfonamides is 1. The number of halogens is 1. The first-order valence-corrected chi connectivity index (χ1v) is 8.50. The molecule has 0 radical (unpaired) electrons. The van der Waals surface area contributed by atoms with Crippen molar-refractivity contribution in [3.8, 4) is 0 Å². The minimum absolute atomic E-state index is 0.0382. The normalized spacial score (nSPS) is 21.3. The van der Waals surface area contributed by atoms with Gasteiger partial charge in [0.15, 0.2) is 0 Å². The SMILES string of the molecule is CC(C)(C)C1CCN(S(=O)(=O)c2c(N)cccc2Cl)C1. The Balaban J connectivity index is 2.34. The highest BCUT2D eigenvalue weighted by molar-refractivity contribution is 7.89. The Kier molecular flexibility index (Phi) is 4.06. The highest BCUT2D eigenvalue weighted by atomic mass is 35.5. The molecule has 1 heterocycles. The van der Waals surface area contributed by atoms with E-state index in [1.165, 1.54) is 4.31 Å². The molecule has 1 fully saturated rings. The van der Waals surface area contributed by atoms with Crippen molar-refractivity contribution >= 4 is 27.3 Å². The summed E-state index contributed by atoms with van der Waals surface area (Å²) in [7, 11) is -3.62. The van der Waals surface area contributed by atoms with Gasteiger partial charge >= 0.3 is 0 Å². The standard InChI is InChI=1S/C14H21ClN2O2S/c1-14(2,3)10-7-8-17(9-10)20(18,19)13-11(15)5-4-6-12(13)16/h4-6,10H,7-9,16H2,1-3H3. The van der Waals surface area contributed by atoms with E-state index >= 15 is 0 Å². The van der Waals surface area contributed by atoms with Gasteiger partial charge in [-0.05, 0) is 29.9 Å². The van der Waals surface area contributed by atoms with E-state index in [9.17, 15) is 8.42 Å². The summed E-state index contributed by atoms with van der Waals surface area (Å²) in [6.07, 6.45) is 0.868. The molecule has 112 valence electrons. The summed E-state index contributed by atoms with van der Waals surface area (Å²) in [6.45, 7) is 7.46. The maximum absolute atomic E-state index is 12.7. The molecule has 4 nitrogen and oxygen atoms in total. The van der Waals surface area contributed by atoms with Crippen molar-refractivity contribution in [3.63, 3.8) is 0 Å². The van der Waals surface area contributed by atoms with Gasteiger partial charge < -0.3 is 5.73 Å². The number of hydrogen-bond donors (Lipinski definition) is 1. The van der Waals surface area contributed by atoms with Crippen LogP contribution in [0.3, 0.4) is 0 Å². The van der Waals surface area contributed by atoms with Crippen molar-refractivity contribution in [2.45, 2.75) is 32.1 Å². The molecule has 1 aliphatic rings. The fourth-order valence-electron chi connectivity index (χ4n) is 2.58. The molecule has 0 amide bonds. The number of hydrogen-bond acceptors (Lipinski definition) is 3. The Labute approximate surface area is 126 Å². The maximum atomic E-state index is 12.7. The minimum atomic E-state index is -3.62. The number of nitrogens with two attached hydrogens (primary N) is 1. The molecule has 0 aromatic heterocycles. The highest BCUT2D eigenvalue weighted by Crippen LogP contribution is 2.38. The molecule has 20 heavy (non-hydrogen) atoms. The predicted molar refractivity (Wildman–Crippen MR) is 82.2 cm³/mol. The molecule has 2 rings (SSSR count). The zero-order valence-electron chi connectivity index (χ0n) is 12.1. The molecule has 2 N–H and O–H groups in total. The van der Waals surface area contributed by atoms with Crippen molar-refractivity contribution in [3.05, 3.63) is 23.2 Å². The lowest BCUT2D eigenvalue weighted by molar-refractivity contribution is 0.252. The summed E-state index contributed by atoms with van der Waals surface area (Å²) in [5.74, 6) is 0.348. The topological polar surface area (TPSA) is 63.4 Å². The summed E-state index contributed by atoms with van der Waals surface area (Å²) in [4.78, 5) is 0.0382. The Bertz CT molecular complexity index is 588. The van der Waals surface area contributed by atoms with E-state index in [4.69, 9.17) is 17.3 Å². The Hall–Kier alpha value is -0.780. The zero-order valence-corrected chi connectivity index (χ0v) is 13.6. The molecule has 0 aliphatic carbocycles. The van der Waals surface area contributed by atoms with Crippen molar-refractivity contribution in [2.75, 3.05) is 18.8 Å². The van der Waals surface area contributed by atoms with Gasteiger partial charge in [-0.1, -0.05) is 38.4 Å². The summed E-state index contributed by atoms with van der Waals surface area (Å²) in [5, 5.41) is 0.184. The molecule has 1 unspecified atom stereocenters. The monoisotopic (exact) mass is 316 g/mol. The molecular weight excluding hydrogens is 296 g/mol. The van der Waals surface area contributed by atoms with E-state index in [0.717, 1.165) is 6.42 Å². The van der Waals surface area contributed by atoms with E-state index in [1.807, 2.05) is 0 Å². The van der Waals surface area contributed by atoms with Crippen LogP contribution >= 0.6 is 11.6 Å². The molecule has 0 spiro atoms. The molecule has 6 heteroatoms. The van der Waals surface area contributed by atoms with Crippen LogP contribution in [0, 0.1) is 11.3 Å². The van der Waals surface area contributed by atoms with Crippen LogP contribution in [-0.4, -0.2) is 25.8 Å². The van der Waals surface area contributed by atoms with Gasteiger partial charge in [0, 0.05) is 13.1 Å². The molecule has 1 saturated heterocycles. The van der Waals surface area contributed by atoms with Gasteiger partial charge in [0.25, 0.3) is 0 Å². The minimum Gasteiger partial charge on any atom is -0.398 e. The van der Waals surface area contributed by atoms with E-state index in [-0.39, 0.29) is 21.0 Å². The van der Waals surface area contributed by atoms with Crippen LogP contribution < -0.4 is 5.73 Å². The van der Waals surface area contributed by atoms with Crippen LogP contribution in [0.15, 0.2) is 23.1 Å². The second-order valence-electron chi connectivity index (χ2n) is 6.37. The van der Waals surface area contributed by atoms with Gasteiger partial charge in [-0.2, -0.15) is 4.31 Å². The number of benzene rings is 1. The summed E-state index contributed by atoms with van der Waals surface area (Å²) in [6, 6.07) is 4.77. The lowest BCUT2D eigenvalue weighted by Gasteiger charge is -2.27. The van der Waals surface area contributed by atoms with Gasteiger partial charge in [0.1, 0.15) is 4.90 Å². The van der Waals surface area contributed by atoms with Crippen LogP contribution in [0.25, 0.3) is 0 Å². The van der Waals surface area contributed by atoms with Crippen molar-refractivity contribution in [1.82, 2.24) is 4.31 Å². The molecule has 1 aliphatic heterocycles. The highest BCUT2D eigenvalue weighted by Gasteiger charge is 2.38. The Morgan fingerprint density at radius 1 is 1.35 bits per heavy atom. The molecule has 1 atom stereocenters. The first-order valence-electron chi connectivity index (χ1n) is 6.68. The molecule has 1 aromatic rings. The van der Waals surface area contributed by atoms with Crippen LogP contribution in [0.4, 0.5) is 5.69 Å².